The van der Waals surface area contributed by atoms with Crippen LogP contribution < -0.4 is 11.1 Å². The molecule has 0 aromatic heterocycles. The first kappa shape index (κ1) is 21.6. The van der Waals surface area contributed by atoms with E-state index < -0.39 is 29.6 Å². The second-order valence-corrected chi connectivity index (χ2v) is 7.30. The number of hydrogen-bond acceptors (Lipinski definition) is 5. The molecule has 0 aliphatic carbocycles. The first-order chi connectivity index (χ1) is 13.3. The maximum absolute atomic E-state index is 12.1. The van der Waals surface area contributed by atoms with Gasteiger partial charge in [-0.15, -0.1) is 0 Å². The number of carbonyl (C=O) groups excluding carboxylic acids is 1. The third-order valence-corrected chi connectivity index (χ3v) is 4.62. The van der Waals surface area contributed by atoms with Crippen LogP contribution in [0.2, 0.25) is 0 Å². The Hall–Kier alpha value is -2.70. The number of aliphatic carboxylic acids is 1. The second-order valence-electron chi connectivity index (χ2n) is 7.30. The van der Waals surface area contributed by atoms with Crippen LogP contribution in [-0.2, 0) is 26.5 Å². The van der Waals surface area contributed by atoms with Gasteiger partial charge in [-0.3, -0.25) is 14.9 Å². The molecule has 4 N–H and O–H groups in total. The lowest BCUT2D eigenvalue weighted by atomic mass is 9.92. The molecular formula is C22H28N2O4. The zero-order valence-corrected chi connectivity index (χ0v) is 16.3. The lowest BCUT2D eigenvalue weighted by Crippen LogP contribution is -2.48. The molecule has 1 unspecified atom stereocenters. The summed E-state index contributed by atoms with van der Waals surface area (Å²) in [7, 11) is 0. The predicted octanol–water partition coefficient (Wildman–Crippen LogP) is 2.82. The average Bonchev–Trinajstić information content (AvgIpc) is 2.70. The molecule has 6 nitrogen and oxygen atoms in total. The highest BCUT2D eigenvalue weighted by Crippen LogP contribution is 2.21. The molecule has 0 amide bonds. The predicted molar refractivity (Wildman–Crippen MR) is 107 cm³/mol. The summed E-state index contributed by atoms with van der Waals surface area (Å²) in [6.45, 7) is 3.99. The van der Waals surface area contributed by atoms with Gasteiger partial charge < -0.3 is 15.6 Å². The van der Waals surface area contributed by atoms with E-state index in [4.69, 9.17) is 10.5 Å². The second kappa shape index (κ2) is 10.0. The number of rotatable bonds is 10. The van der Waals surface area contributed by atoms with E-state index in [9.17, 15) is 14.7 Å². The highest BCUT2D eigenvalue weighted by atomic mass is 16.5. The Morgan fingerprint density at radius 2 is 1.61 bits per heavy atom. The summed E-state index contributed by atoms with van der Waals surface area (Å²) in [5, 5.41) is 12.7. The van der Waals surface area contributed by atoms with Crippen molar-refractivity contribution in [1.29, 1.82) is 0 Å². The largest absolute Gasteiger partial charge is 0.480 e. The molecule has 2 rings (SSSR count). The van der Waals surface area contributed by atoms with E-state index in [2.05, 4.69) is 5.32 Å². The van der Waals surface area contributed by atoms with Crippen LogP contribution in [0, 0.1) is 0 Å². The molecule has 0 spiro atoms. The molecule has 0 saturated heterocycles. The van der Waals surface area contributed by atoms with Crippen molar-refractivity contribution in [2.24, 2.45) is 5.73 Å². The van der Waals surface area contributed by atoms with Crippen molar-refractivity contribution >= 4 is 11.9 Å². The number of carbonyl (C=O) groups is 2. The zero-order valence-electron chi connectivity index (χ0n) is 16.3. The van der Waals surface area contributed by atoms with Gasteiger partial charge in [0.2, 0.25) is 0 Å². The number of nitrogens with one attached hydrogen (secondary N) is 1. The van der Waals surface area contributed by atoms with Crippen molar-refractivity contribution in [3.05, 3.63) is 71.8 Å². The molecule has 0 bridgehead atoms. The van der Waals surface area contributed by atoms with Crippen molar-refractivity contribution in [1.82, 2.24) is 5.32 Å². The van der Waals surface area contributed by atoms with E-state index in [-0.39, 0.29) is 19.4 Å². The maximum Gasteiger partial charge on any atom is 0.323 e. The lowest BCUT2D eigenvalue weighted by Gasteiger charge is -2.31. The highest BCUT2D eigenvalue weighted by molar-refractivity contribution is 5.76. The number of ether oxygens (including phenoxy) is 1. The van der Waals surface area contributed by atoms with Gasteiger partial charge in [-0.2, -0.15) is 0 Å². The SMILES string of the molecule is CC(C)(N[C@@H](CCC(N)C(=O)OCc1ccccc1)C(=O)O)c1ccccc1. The fourth-order valence-electron chi connectivity index (χ4n) is 2.93. The minimum atomic E-state index is -0.978. The minimum absolute atomic E-state index is 0.148. The average molecular weight is 384 g/mol. The van der Waals surface area contributed by atoms with Crippen molar-refractivity contribution in [3.63, 3.8) is 0 Å². The zero-order chi connectivity index (χ0) is 20.6. The van der Waals surface area contributed by atoms with E-state index in [0.717, 1.165) is 11.1 Å². The van der Waals surface area contributed by atoms with Crippen LogP contribution in [0.1, 0.15) is 37.8 Å². The van der Waals surface area contributed by atoms with Crippen LogP contribution >= 0.6 is 0 Å². The first-order valence-electron chi connectivity index (χ1n) is 9.32. The molecule has 0 radical (unpaired) electrons. The molecule has 0 saturated carbocycles. The summed E-state index contributed by atoms with van der Waals surface area (Å²) < 4.78 is 5.22. The number of carboxylic acid groups (broad SMARTS) is 1. The molecule has 150 valence electrons. The van der Waals surface area contributed by atoms with Gasteiger partial charge in [0.1, 0.15) is 18.7 Å². The number of benzene rings is 2. The Labute approximate surface area is 165 Å². The third-order valence-electron chi connectivity index (χ3n) is 4.62. The fourth-order valence-corrected chi connectivity index (χ4v) is 2.93. The molecule has 0 fully saturated rings. The van der Waals surface area contributed by atoms with Gasteiger partial charge in [-0.25, -0.2) is 0 Å². The quantitative estimate of drug-likeness (QED) is 0.545. The molecule has 2 aromatic carbocycles. The summed E-state index contributed by atoms with van der Waals surface area (Å²) >= 11 is 0. The number of carboxylic acids is 1. The van der Waals surface area contributed by atoms with Crippen LogP contribution in [0.25, 0.3) is 0 Å². The van der Waals surface area contributed by atoms with E-state index in [1.165, 1.54) is 0 Å². The Morgan fingerprint density at radius 1 is 1.04 bits per heavy atom. The summed E-state index contributed by atoms with van der Waals surface area (Å²) in [5.41, 5.74) is 7.22. The molecule has 0 aliphatic heterocycles. The van der Waals surface area contributed by atoms with Gasteiger partial charge in [0.25, 0.3) is 0 Å². The summed E-state index contributed by atoms with van der Waals surface area (Å²) in [4.78, 5) is 23.8. The molecule has 0 aliphatic rings. The molecule has 28 heavy (non-hydrogen) atoms. The van der Waals surface area contributed by atoms with Gasteiger partial charge in [0.15, 0.2) is 0 Å². The number of esters is 1. The van der Waals surface area contributed by atoms with E-state index in [0.29, 0.717) is 0 Å². The minimum Gasteiger partial charge on any atom is -0.480 e. The summed E-state index contributed by atoms with van der Waals surface area (Å²) in [6, 6.07) is 17.2. The van der Waals surface area contributed by atoms with Crippen molar-refractivity contribution < 1.29 is 19.4 Å². The topological polar surface area (TPSA) is 102 Å². The maximum atomic E-state index is 12.1. The van der Waals surface area contributed by atoms with E-state index in [1.54, 1.807) is 0 Å². The molecular weight excluding hydrogens is 356 g/mol. The van der Waals surface area contributed by atoms with E-state index in [1.807, 2.05) is 74.5 Å². The van der Waals surface area contributed by atoms with Crippen molar-refractivity contribution in [2.75, 3.05) is 0 Å². The number of hydrogen-bond donors (Lipinski definition) is 3. The smallest absolute Gasteiger partial charge is 0.323 e. The van der Waals surface area contributed by atoms with Gasteiger partial charge >= 0.3 is 11.9 Å². The fraction of sp³-hybridized carbons (Fsp3) is 0.364. The summed E-state index contributed by atoms with van der Waals surface area (Å²) in [5.74, 6) is -1.51. The van der Waals surface area contributed by atoms with Gasteiger partial charge in [0, 0.05) is 5.54 Å². The van der Waals surface area contributed by atoms with Gasteiger partial charge in [-0.1, -0.05) is 60.7 Å². The van der Waals surface area contributed by atoms with Crippen LogP contribution in [0.15, 0.2) is 60.7 Å². The van der Waals surface area contributed by atoms with E-state index >= 15 is 0 Å². The normalized spacial score (nSPS) is 13.5. The van der Waals surface area contributed by atoms with Gasteiger partial charge in [-0.05, 0) is 37.8 Å². The third kappa shape index (κ3) is 6.48. The van der Waals surface area contributed by atoms with Gasteiger partial charge in [0.05, 0.1) is 0 Å². The Balaban J connectivity index is 1.88. The molecule has 0 heterocycles. The Kier molecular flexibility index (Phi) is 7.72. The van der Waals surface area contributed by atoms with Crippen molar-refractivity contribution in [2.45, 2.75) is 50.9 Å². The lowest BCUT2D eigenvalue weighted by molar-refractivity contribution is -0.147. The van der Waals surface area contributed by atoms with Crippen molar-refractivity contribution in [3.8, 4) is 0 Å². The Morgan fingerprint density at radius 3 is 2.18 bits per heavy atom. The molecule has 2 aromatic rings. The molecule has 2 atom stereocenters. The highest BCUT2D eigenvalue weighted by Gasteiger charge is 2.29. The first-order valence-corrected chi connectivity index (χ1v) is 9.32. The van der Waals surface area contributed by atoms with Crippen LogP contribution in [-0.4, -0.2) is 29.1 Å². The number of nitrogens with two attached hydrogens (primary N) is 1. The van der Waals surface area contributed by atoms with Crippen LogP contribution in [0.3, 0.4) is 0 Å². The monoisotopic (exact) mass is 384 g/mol. The van der Waals surface area contributed by atoms with Crippen LogP contribution in [0.5, 0.6) is 0 Å². The Bertz CT molecular complexity index is 763. The van der Waals surface area contributed by atoms with Crippen LogP contribution in [0.4, 0.5) is 0 Å². The molecule has 6 heteroatoms. The summed E-state index contributed by atoms with van der Waals surface area (Å²) in [6.07, 6.45) is 0.426. The standard InChI is InChI=1S/C22H28N2O4/c1-22(2,17-11-7-4-8-12-17)24-19(20(25)26)14-13-18(23)21(27)28-15-16-9-5-3-6-10-16/h3-12,18-19,24H,13-15,23H2,1-2H3,(H,25,26)/t18?,19-/m0/s1.